The smallest absolute Gasteiger partial charge is 0.237 e. The van der Waals surface area contributed by atoms with Gasteiger partial charge in [-0.2, -0.15) is 4.98 Å². The minimum absolute atomic E-state index is 0.190. The molecule has 0 bridgehead atoms. The van der Waals surface area contributed by atoms with E-state index in [1.165, 1.54) is 0 Å². The molecule has 1 aromatic carbocycles. The number of nitrogens with zero attached hydrogens (tertiary/aromatic N) is 2. The average molecular weight is 251 g/mol. The number of hydrogen-bond acceptors (Lipinski definition) is 6. The van der Waals surface area contributed by atoms with Crippen LogP contribution in [0.25, 0.3) is 0 Å². The molecule has 0 aliphatic rings. The van der Waals surface area contributed by atoms with Gasteiger partial charge in [-0.25, -0.2) is 0 Å². The van der Waals surface area contributed by atoms with Gasteiger partial charge in [0.25, 0.3) is 0 Å². The SMILES string of the molecule is NC(CO)c1noc(CSc2ccccc2)n1. The van der Waals surface area contributed by atoms with Crippen molar-refractivity contribution in [3.05, 3.63) is 42.0 Å². The van der Waals surface area contributed by atoms with Crippen molar-refractivity contribution < 1.29 is 9.63 Å². The quantitative estimate of drug-likeness (QED) is 0.780. The van der Waals surface area contributed by atoms with Gasteiger partial charge in [-0.05, 0) is 12.1 Å². The molecule has 0 fully saturated rings. The fraction of sp³-hybridized carbons (Fsp3) is 0.273. The van der Waals surface area contributed by atoms with Crippen molar-refractivity contribution in [2.24, 2.45) is 5.73 Å². The van der Waals surface area contributed by atoms with E-state index in [0.29, 0.717) is 17.5 Å². The Labute approximate surface area is 103 Å². The first-order valence-electron chi connectivity index (χ1n) is 5.16. The first kappa shape index (κ1) is 12.1. The molecule has 1 unspecified atom stereocenters. The third-order valence-corrected chi connectivity index (χ3v) is 3.11. The fourth-order valence-corrected chi connectivity index (χ4v) is 1.98. The highest BCUT2D eigenvalue weighted by atomic mass is 32.2. The maximum absolute atomic E-state index is 8.85. The van der Waals surface area contributed by atoms with E-state index in [1.54, 1.807) is 11.8 Å². The molecular weight excluding hydrogens is 238 g/mol. The van der Waals surface area contributed by atoms with Crippen molar-refractivity contribution in [2.45, 2.75) is 16.7 Å². The molecular formula is C11H13N3O2S. The largest absolute Gasteiger partial charge is 0.394 e. The van der Waals surface area contributed by atoms with Crippen molar-refractivity contribution in [2.75, 3.05) is 6.61 Å². The van der Waals surface area contributed by atoms with Crippen LogP contribution >= 0.6 is 11.8 Å². The van der Waals surface area contributed by atoms with Crippen LogP contribution in [0, 0.1) is 0 Å². The third-order valence-electron chi connectivity index (χ3n) is 2.12. The van der Waals surface area contributed by atoms with Crippen LogP contribution in [0.5, 0.6) is 0 Å². The van der Waals surface area contributed by atoms with Crippen molar-refractivity contribution >= 4 is 11.8 Å². The molecule has 0 saturated carbocycles. The van der Waals surface area contributed by atoms with E-state index in [9.17, 15) is 0 Å². The van der Waals surface area contributed by atoms with Gasteiger partial charge >= 0.3 is 0 Å². The zero-order valence-corrected chi connectivity index (χ0v) is 9.93. The van der Waals surface area contributed by atoms with Gasteiger partial charge in [-0.1, -0.05) is 23.4 Å². The van der Waals surface area contributed by atoms with Gasteiger partial charge < -0.3 is 15.4 Å². The number of rotatable bonds is 5. The second-order valence-electron chi connectivity index (χ2n) is 3.44. The highest BCUT2D eigenvalue weighted by Crippen LogP contribution is 2.21. The van der Waals surface area contributed by atoms with Crippen LogP contribution in [0.3, 0.4) is 0 Å². The van der Waals surface area contributed by atoms with E-state index in [2.05, 4.69) is 10.1 Å². The number of benzene rings is 1. The molecule has 1 heterocycles. The Hall–Kier alpha value is -1.37. The topological polar surface area (TPSA) is 85.2 Å². The molecule has 6 heteroatoms. The summed E-state index contributed by atoms with van der Waals surface area (Å²) in [5.74, 6) is 1.45. The van der Waals surface area contributed by atoms with Crippen molar-refractivity contribution in [3.63, 3.8) is 0 Å². The van der Waals surface area contributed by atoms with E-state index in [1.807, 2.05) is 30.3 Å². The second-order valence-corrected chi connectivity index (χ2v) is 4.49. The van der Waals surface area contributed by atoms with Gasteiger partial charge in [0.05, 0.1) is 18.4 Å². The monoisotopic (exact) mass is 251 g/mol. The molecule has 0 aliphatic heterocycles. The molecule has 90 valence electrons. The highest BCUT2D eigenvalue weighted by molar-refractivity contribution is 7.98. The molecule has 0 saturated heterocycles. The molecule has 5 nitrogen and oxygen atoms in total. The molecule has 0 aliphatic carbocycles. The van der Waals surface area contributed by atoms with Crippen LogP contribution in [-0.2, 0) is 5.75 Å². The number of thioether (sulfide) groups is 1. The van der Waals surface area contributed by atoms with Crippen LogP contribution < -0.4 is 5.73 Å². The summed E-state index contributed by atoms with van der Waals surface area (Å²) in [7, 11) is 0. The summed E-state index contributed by atoms with van der Waals surface area (Å²) in [4.78, 5) is 5.25. The molecule has 3 N–H and O–H groups in total. The summed E-state index contributed by atoms with van der Waals surface area (Å²) in [5, 5.41) is 12.6. The van der Waals surface area contributed by atoms with Gasteiger partial charge in [0.1, 0.15) is 0 Å². The lowest BCUT2D eigenvalue weighted by Gasteiger charge is -1.99. The van der Waals surface area contributed by atoms with Gasteiger partial charge in [0, 0.05) is 4.90 Å². The van der Waals surface area contributed by atoms with E-state index < -0.39 is 6.04 Å². The molecule has 0 amide bonds. The zero-order valence-electron chi connectivity index (χ0n) is 9.11. The molecule has 1 aromatic heterocycles. The van der Waals surface area contributed by atoms with E-state index in [0.717, 1.165) is 4.90 Å². The summed E-state index contributed by atoms with van der Waals surface area (Å²) < 4.78 is 5.04. The van der Waals surface area contributed by atoms with Crippen molar-refractivity contribution in [1.82, 2.24) is 10.1 Å². The highest BCUT2D eigenvalue weighted by Gasteiger charge is 2.13. The van der Waals surface area contributed by atoms with Crippen LogP contribution in [0.1, 0.15) is 17.8 Å². The molecule has 0 spiro atoms. The van der Waals surface area contributed by atoms with Crippen molar-refractivity contribution in [3.8, 4) is 0 Å². The Balaban J connectivity index is 1.94. The fourth-order valence-electron chi connectivity index (χ4n) is 1.22. The maximum atomic E-state index is 8.85. The van der Waals surface area contributed by atoms with E-state index >= 15 is 0 Å². The molecule has 17 heavy (non-hydrogen) atoms. The summed E-state index contributed by atoms with van der Waals surface area (Å²) in [6, 6.07) is 9.37. The second kappa shape index (κ2) is 5.81. The predicted octanol–water partition coefficient (Wildman–Crippen LogP) is 1.35. The molecule has 2 aromatic rings. The van der Waals surface area contributed by atoms with Crippen molar-refractivity contribution in [1.29, 1.82) is 0 Å². The molecule has 0 radical (unpaired) electrons. The molecule has 1 atom stereocenters. The van der Waals surface area contributed by atoms with Crippen LogP contribution in [-0.4, -0.2) is 21.9 Å². The summed E-state index contributed by atoms with van der Waals surface area (Å²) in [5.41, 5.74) is 5.57. The number of aromatic nitrogens is 2. The van der Waals surface area contributed by atoms with Gasteiger partial charge in [0.15, 0.2) is 5.82 Å². The lowest BCUT2D eigenvalue weighted by Crippen LogP contribution is -2.15. The number of hydrogen-bond donors (Lipinski definition) is 2. The normalized spacial score (nSPS) is 12.6. The van der Waals surface area contributed by atoms with Gasteiger partial charge in [0.2, 0.25) is 5.89 Å². The Bertz CT molecular complexity index is 461. The Morgan fingerprint density at radius 1 is 1.35 bits per heavy atom. The minimum Gasteiger partial charge on any atom is -0.394 e. The molecule has 2 rings (SSSR count). The average Bonchev–Trinajstić information content (AvgIpc) is 2.85. The number of aliphatic hydroxyl groups excluding tert-OH is 1. The first-order chi connectivity index (χ1) is 8.29. The minimum atomic E-state index is -0.575. The first-order valence-corrected chi connectivity index (χ1v) is 6.15. The van der Waals surface area contributed by atoms with Gasteiger partial charge in [-0.3, -0.25) is 0 Å². The number of nitrogens with two attached hydrogens (primary N) is 1. The zero-order chi connectivity index (χ0) is 12.1. The third kappa shape index (κ3) is 3.29. The van der Waals surface area contributed by atoms with Gasteiger partial charge in [-0.15, -0.1) is 11.8 Å². The van der Waals surface area contributed by atoms with E-state index in [4.69, 9.17) is 15.4 Å². The maximum Gasteiger partial charge on any atom is 0.237 e. The van der Waals surface area contributed by atoms with Crippen LogP contribution in [0.15, 0.2) is 39.8 Å². The summed E-state index contributed by atoms with van der Waals surface area (Å²) >= 11 is 1.61. The lowest BCUT2D eigenvalue weighted by molar-refractivity contribution is 0.259. The standard InChI is InChI=1S/C11H13N3O2S/c12-9(6-15)11-13-10(16-14-11)7-17-8-4-2-1-3-5-8/h1-5,9,15H,6-7,12H2. The Morgan fingerprint density at radius 3 is 2.82 bits per heavy atom. The predicted molar refractivity (Wildman–Crippen MR) is 64.3 cm³/mol. The Kier molecular flexibility index (Phi) is 4.13. The van der Waals surface area contributed by atoms with Crippen LogP contribution in [0.2, 0.25) is 0 Å². The lowest BCUT2D eigenvalue weighted by atomic mass is 10.3. The van der Waals surface area contributed by atoms with Crippen LogP contribution in [0.4, 0.5) is 0 Å². The number of aliphatic hydroxyl groups is 1. The summed E-state index contributed by atoms with van der Waals surface area (Å²) in [6.45, 7) is -0.190. The Morgan fingerprint density at radius 2 is 2.12 bits per heavy atom. The summed E-state index contributed by atoms with van der Waals surface area (Å²) in [6.07, 6.45) is 0. The van der Waals surface area contributed by atoms with E-state index in [-0.39, 0.29) is 6.61 Å².